The third-order valence-corrected chi connectivity index (χ3v) is 5.99. The van der Waals surface area contributed by atoms with Gasteiger partial charge in [-0.2, -0.15) is 0 Å². The number of hydrogen-bond acceptors (Lipinski definition) is 5. The number of rotatable bonds is 6. The highest BCUT2D eigenvalue weighted by molar-refractivity contribution is 8.00. The molecule has 2 aromatic carbocycles. The minimum atomic E-state index is -0.577. The summed E-state index contributed by atoms with van der Waals surface area (Å²) in [5.74, 6) is -0.461. The number of benzene rings is 2. The number of carbonyl (C=O) groups excluding carboxylic acids is 1. The molecule has 1 amide bonds. The van der Waals surface area contributed by atoms with Crippen LogP contribution in [0.1, 0.15) is 6.92 Å². The minimum absolute atomic E-state index is 0.109. The molecule has 1 unspecified atom stereocenters. The molecule has 2 aromatic heterocycles. The van der Waals surface area contributed by atoms with E-state index in [0.717, 1.165) is 6.07 Å². The first-order chi connectivity index (χ1) is 14.9. The molecule has 4 rings (SSSR count). The summed E-state index contributed by atoms with van der Waals surface area (Å²) in [6, 6.07) is 10.9. The second-order valence-corrected chi connectivity index (χ2v) is 8.43. The van der Waals surface area contributed by atoms with Gasteiger partial charge in [0.1, 0.15) is 5.82 Å². The molecule has 7 nitrogen and oxygen atoms in total. The topological polar surface area (TPSA) is 81.3 Å². The van der Waals surface area contributed by atoms with E-state index in [-0.39, 0.29) is 23.0 Å². The maximum atomic E-state index is 13.2. The molecule has 0 aliphatic carbocycles. The number of nitrogens with zero attached hydrogens (tertiary/aromatic N) is 4. The van der Waals surface area contributed by atoms with Crippen LogP contribution >= 0.6 is 23.4 Å². The van der Waals surface area contributed by atoms with Gasteiger partial charge < -0.3 is 5.32 Å². The molecular formula is C21H17ClFN5O2S. The largest absolute Gasteiger partial charge is 0.324 e. The second kappa shape index (κ2) is 8.52. The molecule has 0 saturated heterocycles. The van der Waals surface area contributed by atoms with Crippen molar-refractivity contribution in [3.63, 3.8) is 0 Å². The van der Waals surface area contributed by atoms with Crippen molar-refractivity contribution in [3.8, 4) is 0 Å². The number of halogens is 2. The number of aromatic nitrogens is 4. The van der Waals surface area contributed by atoms with Crippen LogP contribution in [0.2, 0.25) is 5.02 Å². The predicted octanol–water partition coefficient (Wildman–Crippen LogP) is 4.14. The van der Waals surface area contributed by atoms with E-state index in [2.05, 4.69) is 22.1 Å². The Bertz CT molecular complexity index is 1380. The van der Waals surface area contributed by atoms with E-state index in [9.17, 15) is 14.0 Å². The first-order valence-corrected chi connectivity index (χ1v) is 10.6. The van der Waals surface area contributed by atoms with E-state index in [0.29, 0.717) is 27.5 Å². The lowest BCUT2D eigenvalue weighted by molar-refractivity contribution is -0.115. The van der Waals surface area contributed by atoms with Crippen LogP contribution in [0, 0.1) is 5.82 Å². The molecule has 0 aliphatic rings. The average Bonchev–Trinajstić information content (AvgIpc) is 3.16. The van der Waals surface area contributed by atoms with Crippen LogP contribution in [-0.2, 0) is 11.3 Å². The molecule has 31 heavy (non-hydrogen) atoms. The zero-order valence-electron chi connectivity index (χ0n) is 16.4. The van der Waals surface area contributed by atoms with E-state index in [1.807, 2.05) is 6.07 Å². The molecule has 0 aliphatic heterocycles. The summed E-state index contributed by atoms with van der Waals surface area (Å²) in [6.45, 7) is 5.69. The Morgan fingerprint density at radius 1 is 1.32 bits per heavy atom. The van der Waals surface area contributed by atoms with Gasteiger partial charge in [0.15, 0.2) is 5.16 Å². The van der Waals surface area contributed by atoms with Gasteiger partial charge in [0.05, 0.1) is 26.9 Å². The maximum Gasteiger partial charge on any atom is 0.263 e. The van der Waals surface area contributed by atoms with Crippen LogP contribution in [0.5, 0.6) is 0 Å². The number of amides is 1. The molecule has 2 heterocycles. The van der Waals surface area contributed by atoms with Gasteiger partial charge in [-0.3, -0.25) is 18.6 Å². The molecule has 10 heteroatoms. The smallest absolute Gasteiger partial charge is 0.263 e. The van der Waals surface area contributed by atoms with Gasteiger partial charge in [0, 0.05) is 6.54 Å². The maximum absolute atomic E-state index is 13.2. The van der Waals surface area contributed by atoms with Gasteiger partial charge >= 0.3 is 0 Å². The summed E-state index contributed by atoms with van der Waals surface area (Å²) in [5, 5.41) is 11.6. The normalized spacial score (nSPS) is 12.2. The number of anilines is 1. The SMILES string of the molecule is C=CCn1c(=O)c2ccccc2n2c(SC(C)C(=O)Nc3ccc(F)cc3Cl)nnc12. The number of fused-ring (bicyclic) bond motifs is 3. The van der Waals surface area contributed by atoms with E-state index >= 15 is 0 Å². The Labute approximate surface area is 185 Å². The Morgan fingerprint density at radius 2 is 2.10 bits per heavy atom. The van der Waals surface area contributed by atoms with E-state index in [1.54, 1.807) is 35.6 Å². The Morgan fingerprint density at radius 3 is 2.84 bits per heavy atom. The van der Waals surface area contributed by atoms with Crippen molar-refractivity contribution in [1.82, 2.24) is 19.2 Å². The zero-order chi connectivity index (χ0) is 22.1. The highest BCUT2D eigenvalue weighted by Crippen LogP contribution is 2.27. The summed E-state index contributed by atoms with van der Waals surface area (Å²) in [7, 11) is 0. The molecule has 0 radical (unpaired) electrons. The number of nitrogens with one attached hydrogen (secondary N) is 1. The van der Waals surface area contributed by atoms with Crippen LogP contribution in [-0.4, -0.2) is 30.3 Å². The Balaban J connectivity index is 1.71. The number of allylic oxidation sites excluding steroid dienone is 1. The van der Waals surface area contributed by atoms with Gasteiger partial charge in [-0.05, 0) is 37.3 Å². The highest BCUT2D eigenvalue weighted by Gasteiger charge is 2.22. The molecule has 1 N–H and O–H groups in total. The lowest BCUT2D eigenvalue weighted by Crippen LogP contribution is -2.24. The minimum Gasteiger partial charge on any atom is -0.324 e. The molecule has 1 atom stereocenters. The van der Waals surface area contributed by atoms with Crippen molar-refractivity contribution in [2.75, 3.05) is 5.32 Å². The predicted molar refractivity (Wildman–Crippen MR) is 120 cm³/mol. The fraction of sp³-hybridized carbons (Fsp3) is 0.143. The van der Waals surface area contributed by atoms with E-state index < -0.39 is 11.1 Å². The number of thioether (sulfide) groups is 1. The van der Waals surface area contributed by atoms with Crippen molar-refractivity contribution >= 4 is 51.6 Å². The summed E-state index contributed by atoms with van der Waals surface area (Å²) in [6.07, 6.45) is 1.61. The van der Waals surface area contributed by atoms with Crippen molar-refractivity contribution in [2.24, 2.45) is 0 Å². The van der Waals surface area contributed by atoms with Crippen LogP contribution in [0.15, 0.2) is 65.1 Å². The third-order valence-electron chi connectivity index (χ3n) is 4.63. The van der Waals surface area contributed by atoms with Crippen molar-refractivity contribution < 1.29 is 9.18 Å². The van der Waals surface area contributed by atoms with Gasteiger partial charge in [-0.1, -0.05) is 41.6 Å². The monoisotopic (exact) mass is 457 g/mol. The van der Waals surface area contributed by atoms with Crippen LogP contribution < -0.4 is 10.9 Å². The second-order valence-electron chi connectivity index (χ2n) is 6.71. The van der Waals surface area contributed by atoms with Gasteiger partial charge in [0.25, 0.3) is 5.56 Å². The number of carbonyl (C=O) groups is 1. The first kappa shape index (κ1) is 21.1. The Hall–Kier alpha value is -3.17. The molecule has 4 aromatic rings. The Kier molecular flexibility index (Phi) is 5.79. The first-order valence-electron chi connectivity index (χ1n) is 9.31. The number of hydrogen-bond donors (Lipinski definition) is 1. The summed E-state index contributed by atoms with van der Waals surface area (Å²) in [5.41, 5.74) is 0.769. The summed E-state index contributed by atoms with van der Waals surface area (Å²) < 4.78 is 16.5. The van der Waals surface area contributed by atoms with Gasteiger partial charge in [-0.15, -0.1) is 16.8 Å². The van der Waals surface area contributed by atoms with Gasteiger partial charge in [-0.25, -0.2) is 4.39 Å². The summed E-state index contributed by atoms with van der Waals surface area (Å²) in [4.78, 5) is 25.5. The lowest BCUT2D eigenvalue weighted by atomic mass is 10.2. The molecule has 0 spiro atoms. The van der Waals surface area contributed by atoms with Gasteiger partial charge in [0.2, 0.25) is 11.7 Å². The quantitative estimate of drug-likeness (QED) is 0.347. The molecule has 0 saturated carbocycles. The molecule has 0 fully saturated rings. The highest BCUT2D eigenvalue weighted by atomic mass is 35.5. The zero-order valence-corrected chi connectivity index (χ0v) is 18.0. The average molecular weight is 458 g/mol. The lowest BCUT2D eigenvalue weighted by Gasteiger charge is -2.13. The molecule has 158 valence electrons. The van der Waals surface area contributed by atoms with Crippen LogP contribution in [0.3, 0.4) is 0 Å². The summed E-state index contributed by atoms with van der Waals surface area (Å²) >= 11 is 7.18. The third kappa shape index (κ3) is 3.94. The standard InChI is InChI=1S/C21H17ClFN5O2S/c1-3-10-27-19(30)14-6-4-5-7-17(14)28-20(27)25-26-21(28)31-12(2)18(29)24-16-9-8-13(23)11-15(16)22/h3-9,11-12H,1,10H2,2H3,(H,24,29). The van der Waals surface area contributed by atoms with Crippen LogP contribution in [0.4, 0.5) is 10.1 Å². The van der Waals surface area contributed by atoms with Crippen molar-refractivity contribution in [1.29, 1.82) is 0 Å². The fourth-order valence-electron chi connectivity index (χ4n) is 3.14. The van der Waals surface area contributed by atoms with Crippen LogP contribution in [0.25, 0.3) is 16.7 Å². The van der Waals surface area contributed by atoms with E-state index in [4.69, 9.17) is 11.6 Å². The fourth-order valence-corrected chi connectivity index (χ4v) is 4.21. The molecular weight excluding hydrogens is 441 g/mol. The number of para-hydroxylation sites is 1. The van der Waals surface area contributed by atoms with E-state index in [1.165, 1.54) is 28.5 Å². The van der Waals surface area contributed by atoms with Crippen molar-refractivity contribution in [2.45, 2.75) is 23.9 Å². The molecule has 0 bridgehead atoms. The van der Waals surface area contributed by atoms with Crippen molar-refractivity contribution in [3.05, 3.63) is 76.3 Å².